The molecule has 8 nitrogen and oxygen atoms in total. The second kappa shape index (κ2) is 6.46. The van der Waals surface area contributed by atoms with Gasteiger partial charge < -0.3 is 4.74 Å². The van der Waals surface area contributed by atoms with E-state index in [-0.39, 0.29) is 32.4 Å². The van der Waals surface area contributed by atoms with Crippen molar-refractivity contribution in [3.63, 3.8) is 0 Å². The van der Waals surface area contributed by atoms with E-state index in [1.807, 2.05) is 0 Å². The number of aromatic nitrogens is 3. The molecule has 0 aliphatic heterocycles. The highest BCUT2D eigenvalue weighted by Gasteiger charge is 2.27. The molecule has 2 aromatic rings. The van der Waals surface area contributed by atoms with Gasteiger partial charge in [-0.15, -0.1) is 0 Å². The molecule has 0 aromatic carbocycles. The van der Waals surface area contributed by atoms with Crippen molar-refractivity contribution in [2.75, 3.05) is 11.3 Å². The van der Waals surface area contributed by atoms with Crippen LogP contribution in [0.5, 0.6) is 0 Å². The van der Waals surface area contributed by atoms with Crippen LogP contribution in [-0.2, 0) is 21.8 Å². The first kappa shape index (κ1) is 17.7. The standard InChI is InChI=1S/C12H15ClN4O4S2/c1-5-21-11(18)8-6(2)14-12(22-8)16-23(19,20)9-7(3)15-17(4)10(9)13/h5H2,1-4H3,(H,14,16). The van der Waals surface area contributed by atoms with Crippen LogP contribution in [-0.4, -0.2) is 35.8 Å². The summed E-state index contributed by atoms with van der Waals surface area (Å²) in [6.07, 6.45) is 0. The Kier molecular flexibility index (Phi) is 4.97. The Morgan fingerprint density at radius 3 is 2.57 bits per heavy atom. The van der Waals surface area contributed by atoms with Gasteiger partial charge in [-0.3, -0.25) is 9.40 Å². The van der Waals surface area contributed by atoms with Crippen molar-refractivity contribution < 1.29 is 17.9 Å². The maximum Gasteiger partial charge on any atom is 0.350 e. The lowest BCUT2D eigenvalue weighted by Crippen LogP contribution is -2.14. The van der Waals surface area contributed by atoms with Crippen molar-refractivity contribution in [2.45, 2.75) is 25.7 Å². The molecule has 0 atom stereocenters. The Balaban J connectivity index is 2.35. The fraction of sp³-hybridized carbons (Fsp3) is 0.417. The van der Waals surface area contributed by atoms with Gasteiger partial charge in [-0.25, -0.2) is 18.2 Å². The van der Waals surface area contributed by atoms with Crippen molar-refractivity contribution in [2.24, 2.45) is 7.05 Å². The van der Waals surface area contributed by atoms with Gasteiger partial charge >= 0.3 is 5.97 Å². The number of nitrogens with zero attached hydrogens (tertiary/aromatic N) is 3. The quantitative estimate of drug-likeness (QED) is 0.799. The van der Waals surface area contributed by atoms with Gasteiger partial charge in [0.05, 0.1) is 18.0 Å². The lowest BCUT2D eigenvalue weighted by Gasteiger charge is -2.04. The van der Waals surface area contributed by atoms with E-state index in [9.17, 15) is 13.2 Å². The molecule has 0 radical (unpaired) electrons. The first-order valence-corrected chi connectivity index (χ1v) is 9.21. The van der Waals surface area contributed by atoms with Crippen LogP contribution in [0.4, 0.5) is 5.13 Å². The van der Waals surface area contributed by atoms with Gasteiger partial charge in [0.1, 0.15) is 14.9 Å². The highest BCUT2D eigenvalue weighted by Crippen LogP contribution is 2.29. The number of aryl methyl sites for hydroxylation is 3. The van der Waals surface area contributed by atoms with Crippen molar-refractivity contribution in [1.29, 1.82) is 0 Å². The molecule has 0 amide bonds. The minimum Gasteiger partial charge on any atom is -0.462 e. The average Bonchev–Trinajstić information content (AvgIpc) is 2.90. The Morgan fingerprint density at radius 2 is 2.04 bits per heavy atom. The van der Waals surface area contributed by atoms with E-state index in [0.29, 0.717) is 5.69 Å². The van der Waals surface area contributed by atoms with Gasteiger partial charge in [0.25, 0.3) is 10.0 Å². The summed E-state index contributed by atoms with van der Waals surface area (Å²) in [5.74, 6) is -0.538. The lowest BCUT2D eigenvalue weighted by atomic mass is 10.4. The third-order valence-electron chi connectivity index (χ3n) is 2.85. The van der Waals surface area contributed by atoms with Crippen LogP contribution in [0.3, 0.4) is 0 Å². The van der Waals surface area contributed by atoms with Crippen LogP contribution in [0.1, 0.15) is 28.0 Å². The van der Waals surface area contributed by atoms with Crippen molar-refractivity contribution in [3.05, 3.63) is 21.4 Å². The van der Waals surface area contributed by atoms with Crippen LogP contribution in [0, 0.1) is 13.8 Å². The summed E-state index contributed by atoms with van der Waals surface area (Å²) >= 11 is 6.88. The number of carbonyl (C=O) groups is 1. The first-order chi connectivity index (χ1) is 10.7. The first-order valence-electron chi connectivity index (χ1n) is 6.53. The number of anilines is 1. The molecule has 2 rings (SSSR count). The smallest absolute Gasteiger partial charge is 0.350 e. The van der Waals surface area contributed by atoms with Crippen molar-refractivity contribution in [1.82, 2.24) is 14.8 Å². The van der Waals surface area contributed by atoms with Crippen molar-refractivity contribution >= 4 is 44.1 Å². The summed E-state index contributed by atoms with van der Waals surface area (Å²) in [7, 11) is -2.42. The summed E-state index contributed by atoms with van der Waals surface area (Å²) in [5.41, 5.74) is 0.657. The zero-order chi connectivity index (χ0) is 17.4. The average molecular weight is 379 g/mol. The predicted octanol–water partition coefficient (Wildman–Crippen LogP) is 2.12. The number of hydrogen-bond donors (Lipinski definition) is 1. The van der Waals surface area contributed by atoms with Crippen molar-refractivity contribution in [3.8, 4) is 0 Å². The zero-order valence-electron chi connectivity index (χ0n) is 12.9. The minimum absolute atomic E-state index is 0.00565. The molecular weight excluding hydrogens is 364 g/mol. The van der Waals surface area contributed by atoms with Gasteiger partial charge in [0.2, 0.25) is 0 Å². The third-order valence-corrected chi connectivity index (χ3v) is 6.06. The van der Waals surface area contributed by atoms with Gasteiger partial charge in [0.15, 0.2) is 5.13 Å². The van der Waals surface area contributed by atoms with Crippen LogP contribution < -0.4 is 4.72 Å². The van der Waals surface area contributed by atoms with E-state index in [2.05, 4.69) is 14.8 Å². The number of carbonyl (C=O) groups excluding carboxylic acids is 1. The molecule has 0 spiro atoms. The molecule has 2 aromatic heterocycles. The maximum absolute atomic E-state index is 12.5. The van der Waals surface area contributed by atoms with Gasteiger partial charge in [0, 0.05) is 7.05 Å². The zero-order valence-corrected chi connectivity index (χ0v) is 15.3. The molecule has 1 N–H and O–H groups in total. The monoisotopic (exact) mass is 378 g/mol. The number of nitrogens with one attached hydrogen (secondary N) is 1. The molecule has 23 heavy (non-hydrogen) atoms. The Labute approximate surface area is 142 Å². The minimum atomic E-state index is -3.96. The largest absolute Gasteiger partial charge is 0.462 e. The van der Waals surface area contributed by atoms with Gasteiger partial charge in [-0.05, 0) is 20.8 Å². The summed E-state index contributed by atoms with van der Waals surface area (Å²) in [5, 5.41) is 4.02. The van der Waals surface area contributed by atoms with E-state index < -0.39 is 16.0 Å². The number of esters is 1. The summed E-state index contributed by atoms with van der Waals surface area (Å²) in [6, 6.07) is 0. The van der Waals surface area contributed by atoms with Crippen LogP contribution >= 0.6 is 22.9 Å². The molecule has 0 saturated heterocycles. The summed E-state index contributed by atoms with van der Waals surface area (Å²) in [4.78, 5) is 15.9. The number of sulfonamides is 1. The number of halogens is 1. The van der Waals surface area contributed by atoms with E-state index in [4.69, 9.17) is 16.3 Å². The molecular formula is C12H15ClN4O4S2. The molecule has 2 heterocycles. The highest BCUT2D eigenvalue weighted by molar-refractivity contribution is 7.93. The fourth-order valence-electron chi connectivity index (χ4n) is 1.91. The van der Waals surface area contributed by atoms with Gasteiger partial charge in [-0.1, -0.05) is 22.9 Å². The fourth-order valence-corrected chi connectivity index (χ4v) is 4.76. The van der Waals surface area contributed by atoms with Gasteiger partial charge in [-0.2, -0.15) is 5.10 Å². The van der Waals surface area contributed by atoms with E-state index in [1.54, 1.807) is 20.9 Å². The normalized spacial score (nSPS) is 11.5. The molecule has 0 bridgehead atoms. The number of ether oxygens (including phenoxy) is 1. The highest BCUT2D eigenvalue weighted by atomic mass is 35.5. The Hall–Kier alpha value is -1.65. The SMILES string of the molecule is CCOC(=O)c1sc(NS(=O)(=O)c2c(C)nn(C)c2Cl)nc1C. The lowest BCUT2D eigenvalue weighted by molar-refractivity contribution is 0.0531. The van der Waals surface area contributed by atoms with E-state index in [0.717, 1.165) is 11.3 Å². The molecule has 126 valence electrons. The Bertz CT molecular complexity index is 857. The van der Waals surface area contributed by atoms with Crippen LogP contribution in [0.25, 0.3) is 0 Å². The van der Waals surface area contributed by atoms with E-state index >= 15 is 0 Å². The predicted molar refractivity (Wildman–Crippen MR) is 86.6 cm³/mol. The second-order valence-electron chi connectivity index (χ2n) is 4.59. The summed E-state index contributed by atoms with van der Waals surface area (Å²) in [6.45, 7) is 5.05. The molecule has 0 aliphatic carbocycles. The van der Waals surface area contributed by atoms with Crippen LogP contribution in [0.15, 0.2) is 4.90 Å². The topological polar surface area (TPSA) is 103 Å². The summed E-state index contributed by atoms with van der Waals surface area (Å²) < 4.78 is 33.4. The molecule has 0 saturated carbocycles. The molecule has 0 unspecified atom stereocenters. The molecule has 0 fully saturated rings. The number of thiazole rings is 1. The molecule has 0 aliphatic rings. The number of rotatable bonds is 5. The Morgan fingerprint density at radius 1 is 1.39 bits per heavy atom. The maximum atomic E-state index is 12.5. The number of hydrogen-bond acceptors (Lipinski definition) is 7. The van der Waals surface area contributed by atoms with Crippen LogP contribution in [0.2, 0.25) is 5.15 Å². The van der Waals surface area contributed by atoms with E-state index in [1.165, 1.54) is 11.6 Å². The third kappa shape index (κ3) is 3.48. The molecule has 11 heteroatoms. The second-order valence-corrected chi connectivity index (χ2v) is 7.56.